The van der Waals surface area contributed by atoms with Crippen LogP contribution in [0.5, 0.6) is 0 Å². The van der Waals surface area contributed by atoms with Crippen LogP contribution in [0.25, 0.3) is 0 Å². The Kier molecular flexibility index (Phi) is 5.69. The van der Waals surface area contributed by atoms with Crippen LogP contribution in [0, 0.1) is 24.0 Å². The molecule has 0 aliphatic carbocycles. The number of aryl methyl sites for hydroxylation is 2. The fourth-order valence-corrected chi connectivity index (χ4v) is 4.37. The number of fused-ring (bicyclic) bond motifs is 1. The molecule has 2 N–H and O–H groups in total. The number of rotatable bonds is 5. The van der Waals surface area contributed by atoms with Gasteiger partial charge in [-0.25, -0.2) is 0 Å². The second-order valence-electron chi connectivity index (χ2n) is 6.82. The van der Waals surface area contributed by atoms with Gasteiger partial charge in [-0.15, -0.1) is 11.8 Å². The van der Waals surface area contributed by atoms with Crippen LogP contribution in [-0.2, 0) is 11.2 Å². The predicted molar refractivity (Wildman–Crippen MR) is 109 cm³/mol. The average molecular weight is 399 g/mol. The predicted octanol–water partition coefficient (Wildman–Crippen LogP) is 3.38. The zero-order chi connectivity index (χ0) is 20.4. The van der Waals surface area contributed by atoms with Crippen LogP contribution in [0.2, 0.25) is 0 Å². The van der Waals surface area contributed by atoms with Crippen molar-refractivity contribution in [3.63, 3.8) is 0 Å². The third kappa shape index (κ3) is 4.01. The van der Waals surface area contributed by atoms with Gasteiger partial charge in [0, 0.05) is 23.9 Å². The van der Waals surface area contributed by atoms with Gasteiger partial charge in [0.05, 0.1) is 15.6 Å². The van der Waals surface area contributed by atoms with E-state index in [0.717, 1.165) is 41.9 Å². The summed E-state index contributed by atoms with van der Waals surface area (Å²) in [5, 5.41) is 11.3. The number of nitrogens with two attached hydrogens (primary N) is 1. The van der Waals surface area contributed by atoms with Gasteiger partial charge in [-0.2, -0.15) is 0 Å². The van der Waals surface area contributed by atoms with Gasteiger partial charge in [-0.05, 0) is 61.6 Å². The fourth-order valence-electron chi connectivity index (χ4n) is 3.49. The van der Waals surface area contributed by atoms with E-state index in [1.54, 1.807) is 4.90 Å². The van der Waals surface area contributed by atoms with E-state index < -0.39 is 10.8 Å². The van der Waals surface area contributed by atoms with E-state index in [4.69, 9.17) is 5.73 Å². The zero-order valence-electron chi connectivity index (χ0n) is 15.7. The molecule has 0 aromatic heterocycles. The maximum Gasteiger partial charge on any atom is 0.283 e. The highest BCUT2D eigenvalue weighted by molar-refractivity contribution is 8.00. The van der Waals surface area contributed by atoms with E-state index in [9.17, 15) is 19.7 Å². The topological polar surface area (TPSA) is 107 Å². The molecule has 2 aromatic rings. The van der Waals surface area contributed by atoms with Gasteiger partial charge < -0.3 is 10.6 Å². The van der Waals surface area contributed by atoms with Crippen molar-refractivity contribution in [2.75, 3.05) is 17.2 Å². The monoisotopic (exact) mass is 399 g/mol. The number of anilines is 1. The molecule has 3 rings (SSSR count). The molecule has 1 heterocycles. The molecule has 0 saturated heterocycles. The van der Waals surface area contributed by atoms with Crippen LogP contribution in [0.3, 0.4) is 0 Å². The Bertz CT molecular complexity index is 974. The van der Waals surface area contributed by atoms with Crippen molar-refractivity contribution in [2.24, 2.45) is 5.73 Å². The second-order valence-corrected chi connectivity index (χ2v) is 7.84. The van der Waals surface area contributed by atoms with Crippen molar-refractivity contribution < 1.29 is 14.5 Å². The molecule has 0 radical (unpaired) electrons. The van der Waals surface area contributed by atoms with Crippen LogP contribution in [0.15, 0.2) is 35.2 Å². The number of nitro groups is 1. The summed E-state index contributed by atoms with van der Waals surface area (Å²) in [4.78, 5) is 37.0. The molecule has 2 amide bonds. The van der Waals surface area contributed by atoms with Crippen LogP contribution >= 0.6 is 11.8 Å². The van der Waals surface area contributed by atoms with E-state index >= 15 is 0 Å². The van der Waals surface area contributed by atoms with Crippen molar-refractivity contribution in [1.82, 2.24) is 0 Å². The molecule has 0 spiro atoms. The minimum Gasteiger partial charge on any atom is -0.366 e. The molecule has 7 nitrogen and oxygen atoms in total. The maximum atomic E-state index is 12.9. The number of nitro benzene ring substituents is 1. The molecule has 28 heavy (non-hydrogen) atoms. The summed E-state index contributed by atoms with van der Waals surface area (Å²) < 4.78 is 0. The highest BCUT2D eigenvalue weighted by Crippen LogP contribution is 2.34. The first-order chi connectivity index (χ1) is 13.3. The number of nitrogens with zero attached hydrogens (tertiary/aromatic N) is 2. The summed E-state index contributed by atoms with van der Waals surface area (Å²) in [6.07, 6.45) is 1.83. The van der Waals surface area contributed by atoms with Gasteiger partial charge in [0.15, 0.2) is 0 Å². The first-order valence-electron chi connectivity index (χ1n) is 8.89. The molecule has 1 aliphatic heterocycles. The lowest BCUT2D eigenvalue weighted by atomic mass is 9.95. The lowest BCUT2D eigenvalue weighted by Crippen LogP contribution is -2.37. The molecule has 2 aromatic carbocycles. The Morgan fingerprint density at radius 2 is 2.00 bits per heavy atom. The summed E-state index contributed by atoms with van der Waals surface area (Å²) in [7, 11) is 0. The van der Waals surface area contributed by atoms with E-state index in [2.05, 4.69) is 13.0 Å². The number of benzene rings is 2. The molecular weight excluding hydrogens is 378 g/mol. The number of carbonyl (C=O) groups excluding carboxylic acids is 2. The SMILES string of the molecule is Cc1cc(C)c2c(c1)N(C(=O)CSc1ccc(C(N)=O)cc1[N+](=O)[O-])CCC2. The zero-order valence-corrected chi connectivity index (χ0v) is 16.5. The van der Waals surface area contributed by atoms with Crippen LogP contribution < -0.4 is 10.6 Å². The standard InChI is InChI=1S/C20H21N3O4S/c1-12-8-13(2)15-4-3-7-22(16(15)9-12)19(24)11-28-18-6-5-14(20(21)25)10-17(18)23(26)27/h5-6,8-10H,3-4,7,11H2,1-2H3,(H2,21,25). The van der Waals surface area contributed by atoms with E-state index in [-0.39, 0.29) is 22.9 Å². The minimum atomic E-state index is -0.730. The highest BCUT2D eigenvalue weighted by Gasteiger charge is 2.25. The smallest absolute Gasteiger partial charge is 0.283 e. The van der Waals surface area contributed by atoms with Crippen molar-refractivity contribution in [3.05, 3.63) is 62.7 Å². The fraction of sp³-hybridized carbons (Fsp3) is 0.300. The van der Waals surface area contributed by atoms with Crippen molar-refractivity contribution in [2.45, 2.75) is 31.6 Å². The maximum absolute atomic E-state index is 12.9. The lowest BCUT2D eigenvalue weighted by Gasteiger charge is -2.31. The van der Waals surface area contributed by atoms with Gasteiger partial charge >= 0.3 is 0 Å². The van der Waals surface area contributed by atoms with Gasteiger partial charge in [0.25, 0.3) is 5.69 Å². The summed E-state index contributed by atoms with van der Waals surface area (Å²) in [5.41, 5.74) is 9.44. The first kappa shape index (κ1) is 19.9. The number of primary amides is 1. The Balaban J connectivity index is 1.81. The van der Waals surface area contributed by atoms with E-state index in [1.165, 1.54) is 23.3 Å². The number of amides is 2. The minimum absolute atomic E-state index is 0.0679. The summed E-state index contributed by atoms with van der Waals surface area (Å²) >= 11 is 1.10. The van der Waals surface area contributed by atoms with Gasteiger partial charge in [-0.3, -0.25) is 19.7 Å². The average Bonchev–Trinajstić information content (AvgIpc) is 2.65. The molecule has 0 unspecified atom stereocenters. The quantitative estimate of drug-likeness (QED) is 0.471. The van der Waals surface area contributed by atoms with Gasteiger partial charge in [0.2, 0.25) is 11.8 Å². The highest BCUT2D eigenvalue weighted by atomic mass is 32.2. The Hall–Kier alpha value is -2.87. The third-order valence-electron chi connectivity index (χ3n) is 4.79. The number of hydrogen-bond acceptors (Lipinski definition) is 5. The van der Waals surface area contributed by atoms with E-state index in [1.807, 2.05) is 13.0 Å². The molecular formula is C20H21N3O4S. The molecule has 0 atom stereocenters. The van der Waals surface area contributed by atoms with Crippen molar-refractivity contribution >= 4 is 35.0 Å². The summed E-state index contributed by atoms with van der Waals surface area (Å²) in [6.45, 7) is 4.69. The molecule has 1 aliphatic rings. The number of thioether (sulfide) groups is 1. The molecule has 0 bridgehead atoms. The number of carbonyl (C=O) groups is 2. The summed E-state index contributed by atoms with van der Waals surface area (Å²) in [6, 6.07) is 8.19. The Morgan fingerprint density at radius 1 is 1.25 bits per heavy atom. The van der Waals surface area contributed by atoms with Crippen LogP contribution in [-0.4, -0.2) is 29.0 Å². The van der Waals surface area contributed by atoms with Gasteiger partial charge in [0.1, 0.15) is 0 Å². The van der Waals surface area contributed by atoms with E-state index in [0.29, 0.717) is 11.4 Å². The van der Waals surface area contributed by atoms with Gasteiger partial charge in [-0.1, -0.05) is 6.07 Å². The van der Waals surface area contributed by atoms with Crippen LogP contribution in [0.4, 0.5) is 11.4 Å². The van der Waals surface area contributed by atoms with Crippen molar-refractivity contribution in [3.8, 4) is 0 Å². The summed E-state index contributed by atoms with van der Waals surface area (Å²) in [5.74, 6) is -0.751. The molecule has 146 valence electrons. The van der Waals surface area contributed by atoms with Crippen molar-refractivity contribution in [1.29, 1.82) is 0 Å². The first-order valence-corrected chi connectivity index (χ1v) is 9.88. The molecule has 0 fully saturated rings. The lowest BCUT2D eigenvalue weighted by molar-refractivity contribution is -0.387. The largest absolute Gasteiger partial charge is 0.366 e. The Labute approximate surface area is 167 Å². The van der Waals surface area contributed by atoms with Crippen LogP contribution in [0.1, 0.15) is 33.5 Å². The molecule has 0 saturated carbocycles. The Morgan fingerprint density at radius 3 is 2.68 bits per heavy atom. The molecule has 8 heteroatoms. The third-order valence-corrected chi connectivity index (χ3v) is 5.83. The number of hydrogen-bond donors (Lipinski definition) is 1. The second kappa shape index (κ2) is 8.02. The normalized spacial score (nSPS) is 13.1.